The van der Waals surface area contributed by atoms with E-state index in [9.17, 15) is 14.1 Å². The highest BCUT2D eigenvalue weighted by molar-refractivity contribution is 7.90. The van der Waals surface area contributed by atoms with Gasteiger partial charge < -0.3 is 20.3 Å². The fourth-order valence-electron chi connectivity index (χ4n) is 2.63. The first-order chi connectivity index (χ1) is 11.0. The van der Waals surface area contributed by atoms with Gasteiger partial charge in [0.05, 0.1) is 6.10 Å². The fraction of sp³-hybridized carbons (Fsp3) is 0.500. The number of primary amides is 1. The van der Waals surface area contributed by atoms with Crippen molar-refractivity contribution in [3.8, 4) is 5.75 Å². The molecule has 1 saturated carbocycles. The maximum atomic E-state index is 11.9. The number of hydrogen-bond acceptors (Lipinski definition) is 4. The lowest BCUT2D eigenvalue weighted by molar-refractivity contribution is -0.137. The summed E-state index contributed by atoms with van der Waals surface area (Å²) in [5.41, 5.74) is 5.82. The molecular weight excluding hydrogens is 316 g/mol. The maximum absolute atomic E-state index is 11.9. The number of carbonyl (C=O) groups excluding carboxylic acids is 2. The molecule has 1 unspecified atom stereocenters. The summed E-state index contributed by atoms with van der Waals surface area (Å²) in [6.07, 6.45) is 6.72. The third-order valence-corrected chi connectivity index (χ3v) is 4.79. The molecule has 0 spiro atoms. The third kappa shape index (κ3) is 5.14. The second-order valence-corrected chi connectivity index (χ2v) is 6.98. The predicted octanol–water partition coefficient (Wildman–Crippen LogP) is 0.889. The molecule has 2 amide bonds. The van der Waals surface area contributed by atoms with Gasteiger partial charge in [-0.3, -0.25) is 9.59 Å². The van der Waals surface area contributed by atoms with E-state index in [1.54, 1.807) is 12.3 Å². The van der Waals surface area contributed by atoms with E-state index in [1.165, 1.54) is 0 Å². The van der Waals surface area contributed by atoms with Gasteiger partial charge in [-0.1, -0.05) is 6.07 Å². The summed E-state index contributed by atoms with van der Waals surface area (Å²) in [5.74, 6) is -1.14. The van der Waals surface area contributed by atoms with Gasteiger partial charge >= 0.3 is 11.8 Å². The van der Waals surface area contributed by atoms with Crippen molar-refractivity contribution < 1.29 is 18.9 Å². The zero-order valence-electron chi connectivity index (χ0n) is 13.2. The summed E-state index contributed by atoms with van der Waals surface area (Å²) in [6, 6.07) is 5.52. The van der Waals surface area contributed by atoms with Crippen LogP contribution < -0.4 is 15.8 Å². The average Bonchev–Trinajstić information content (AvgIpc) is 3.00. The van der Waals surface area contributed by atoms with E-state index in [1.807, 2.05) is 12.1 Å². The van der Waals surface area contributed by atoms with E-state index in [-0.39, 0.29) is 6.10 Å². The van der Waals surface area contributed by atoms with Crippen molar-refractivity contribution in [2.24, 2.45) is 5.73 Å². The van der Waals surface area contributed by atoms with Crippen LogP contribution in [0.4, 0.5) is 0 Å². The van der Waals surface area contributed by atoms with Crippen molar-refractivity contribution in [3.05, 3.63) is 23.8 Å². The monoisotopic (exact) mass is 338 g/mol. The number of amides is 2. The Labute approximate surface area is 138 Å². The van der Waals surface area contributed by atoms with Crippen LogP contribution in [0, 0.1) is 0 Å². The molecular formula is C16H22N2O4S. The summed E-state index contributed by atoms with van der Waals surface area (Å²) in [5, 5.41) is 2.45. The molecule has 1 atom stereocenters. The van der Waals surface area contributed by atoms with Gasteiger partial charge in [-0.25, -0.2) is 0 Å². The molecule has 2 rings (SSSR count). The summed E-state index contributed by atoms with van der Waals surface area (Å²) < 4.78 is 17.9. The Hall–Kier alpha value is -1.73. The molecule has 1 aromatic carbocycles. The minimum Gasteiger partial charge on any atom is -0.612 e. The lowest BCUT2D eigenvalue weighted by atomic mass is 10.1. The van der Waals surface area contributed by atoms with Crippen molar-refractivity contribution in [2.45, 2.75) is 43.1 Å². The highest BCUT2D eigenvalue weighted by Gasteiger charge is 2.21. The molecule has 1 aliphatic carbocycles. The highest BCUT2D eigenvalue weighted by atomic mass is 32.2. The molecule has 0 bridgehead atoms. The minimum atomic E-state index is -1.12. The van der Waals surface area contributed by atoms with E-state index in [2.05, 4.69) is 5.32 Å². The van der Waals surface area contributed by atoms with Crippen molar-refractivity contribution in [3.63, 3.8) is 0 Å². The molecule has 7 heteroatoms. The van der Waals surface area contributed by atoms with E-state index in [4.69, 9.17) is 10.5 Å². The second-order valence-electron chi connectivity index (χ2n) is 5.63. The van der Waals surface area contributed by atoms with E-state index >= 15 is 0 Å². The number of carbonyl (C=O) groups is 2. The molecule has 1 aliphatic rings. The molecule has 0 aliphatic heterocycles. The summed E-state index contributed by atoms with van der Waals surface area (Å²) in [7, 11) is 0. The van der Waals surface area contributed by atoms with Crippen molar-refractivity contribution in [1.29, 1.82) is 0 Å². The van der Waals surface area contributed by atoms with Gasteiger partial charge in [0.1, 0.15) is 6.26 Å². The van der Waals surface area contributed by atoms with E-state index in [0.717, 1.165) is 31.2 Å². The van der Waals surface area contributed by atoms with Gasteiger partial charge in [0, 0.05) is 6.54 Å². The van der Waals surface area contributed by atoms with Gasteiger partial charge in [0.15, 0.2) is 10.6 Å². The Bertz CT molecular complexity index is 571. The molecule has 23 heavy (non-hydrogen) atoms. The molecule has 1 aromatic rings. The zero-order valence-corrected chi connectivity index (χ0v) is 14.0. The maximum Gasteiger partial charge on any atom is 0.309 e. The Morgan fingerprint density at radius 3 is 2.70 bits per heavy atom. The van der Waals surface area contributed by atoms with E-state index < -0.39 is 23.0 Å². The molecule has 0 aromatic heterocycles. The van der Waals surface area contributed by atoms with Crippen LogP contribution >= 0.6 is 0 Å². The highest BCUT2D eigenvalue weighted by Crippen LogP contribution is 2.30. The summed E-state index contributed by atoms with van der Waals surface area (Å²) >= 11 is -1.12. The van der Waals surface area contributed by atoms with Crippen molar-refractivity contribution in [1.82, 2.24) is 5.32 Å². The Kier molecular flexibility index (Phi) is 6.29. The van der Waals surface area contributed by atoms with Gasteiger partial charge in [-0.2, -0.15) is 0 Å². The number of nitrogens with two attached hydrogens (primary N) is 1. The largest absolute Gasteiger partial charge is 0.612 e. The quantitative estimate of drug-likeness (QED) is 0.593. The van der Waals surface area contributed by atoms with Crippen LogP contribution in [0.3, 0.4) is 0 Å². The number of hydrogen-bond donors (Lipinski definition) is 2. The minimum absolute atomic E-state index is 0.183. The van der Waals surface area contributed by atoms with Crippen LogP contribution in [0.25, 0.3) is 0 Å². The van der Waals surface area contributed by atoms with Crippen LogP contribution in [0.1, 0.15) is 31.2 Å². The lowest BCUT2D eigenvalue weighted by Crippen LogP contribution is -2.37. The average molecular weight is 338 g/mol. The van der Waals surface area contributed by atoms with E-state index in [0.29, 0.717) is 23.6 Å². The third-order valence-electron chi connectivity index (χ3n) is 3.84. The van der Waals surface area contributed by atoms with Crippen LogP contribution in [-0.4, -0.2) is 35.3 Å². The standard InChI is InChI=1S/C16H22N2O4S/c1-23(21)14-7-6-11(8-9-18-16(20)15(17)19)10-13(14)22-12-4-2-3-5-12/h6-7,10,12H,2-5,8-9H2,1H3,(H2,17,19)(H,18,20). The molecule has 6 nitrogen and oxygen atoms in total. The Balaban J connectivity index is 2.02. The molecule has 3 N–H and O–H groups in total. The molecule has 1 fully saturated rings. The fourth-order valence-corrected chi connectivity index (χ4v) is 3.28. The number of rotatable bonds is 6. The van der Waals surface area contributed by atoms with Gasteiger partial charge in [-0.05, 0) is 61.0 Å². The lowest BCUT2D eigenvalue weighted by Gasteiger charge is -2.17. The Morgan fingerprint density at radius 2 is 2.09 bits per heavy atom. The first kappa shape index (κ1) is 17.6. The molecule has 126 valence electrons. The summed E-state index contributed by atoms with van der Waals surface area (Å²) in [4.78, 5) is 22.5. The molecule has 0 radical (unpaired) electrons. The van der Waals surface area contributed by atoms with Crippen molar-refractivity contribution in [2.75, 3.05) is 12.8 Å². The van der Waals surface area contributed by atoms with Crippen molar-refractivity contribution >= 4 is 23.0 Å². The SMILES string of the molecule is C[S+]([O-])c1ccc(CCNC(=O)C(N)=O)cc1OC1CCCC1. The zero-order chi connectivity index (χ0) is 16.8. The topological polar surface area (TPSA) is 104 Å². The molecule has 0 saturated heterocycles. The molecule has 0 heterocycles. The predicted molar refractivity (Wildman–Crippen MR) is 87.6 cm³/mol. The van der Waals surface area contributed by atoms with Gasteiger partial charge in [0.25, 0.3) is 0 Å². The van der Waals surface area contributed by atoms with Gasteiger partial charge in [-0.15, -0.1) is 0 Å². The van der Waals surface area contributed by atoms with Crippen LogP contribution in [0.2, 0.25) is 0 Å². The number of ether oxygens (including phenoxy) is 1. The Morgan fingerprint density at radius 1 is 1.39 bits per heavy atom. The van der Waals surface area contributed by atoms with Gasteiger partial charge in [0.2, 0.25) is 0 Å². The first-order valence-electron chi connectivity index (χ1n) is 7.68. The smallest absolute Gasteiger partial charge is 0.309 e. The van der Waals surface area contributed by atoms with Crippen LogP contribution in [0.5, 0.6) is 5.75 Å². The second kappa shape index (κ2) is 8.21. The summed E-state index contributed by atoms with van der Waals surface area (Å²) in [6.45, 7) is 0.305. The van der Waals surface area contributed by atoms with Crippen LogP contribution in [0.15, 0.2) is 23.1 Å². The first-order valence-corrected chi connectivity index (χ1v) is 9.24. The van der Waals surface area contributed by atoms with Crippen LogP contribution in [-0.2, 0) is 27.2 Å². The number of benzene rings is 1. The number of nitrogens with one attached hydrogen (secondary N) is 1. The normalized spacial score (nSPS) is 16.1.